The Bertz CT molecular complexity index is 2400. The van der Waals surface area contributed by atoms with E-state index in [1.165, 1.54) is 44.0 Å². The smallest absolute Gasteiger partial charge is 0.331 e. The number of carbonyl (C=O) groups excluding carboxylic acids is 5. The summed E-state index contributed by atoms with van der Waals surface area (Å²) in [5.74, 6) is -4.07. The van der Waals surface area contributed by atoms with E-state index in [4.69, 9.17) is 9.47 Å². The third-order valence-corrected chi connectivity index (χ3v) is 12.1. The summed E-state index contributed by atoms with van der Waals surface area (Å²) in [6.07, 6.45) is 1.66. The van der Waals surface area contributed by atoms with Crippen LogP contribution in [-0.2, 0) is 44.2 Å². The first kappa shape index (κ1) is 42.3. The number of benzene rings is 2. The van der Waals surface area contributed by atoms with E-state index in [1.807, 2.05) is 19.0 Å². The minimum absolute atomic E-state index is 0.0202. The SMILES string of the molecule is COc1cc(-c2cn(C)c(=O)c3c2CCN(C(=O)NCCS(=O)(=O)CCNc2cccc4c2C(=O)N(C2CCC(=O)NC2=O)C4=O)C3C(=O)O)cc(OC)c1CN(C)C. The largest absolute Gasteiger partial charge is 0.496 e. The zero-order chi connectivity index (χ0) is 42.9. The lowest BCUT2D eigenvalue weighted by Gasteiger charge is -2.35. The van der Waals surface area contributed by atoms with Crippen molar-refractivity contribution in [1.29, 1.82) is 0 Å². The van der Waals surface area contributed by atoms with Crippen molar-refractivity contribution < 1.29 is 51.8 Å². The van der Waals surface area contributed by atoms with Crippen LogP contribution in [0.25, 0.3) is 11.1 Å². The van der Waals surface area contributed by atoms with Crippen molar-refractivity contribution in [2.24, 2.45) is 7.05 Å². The summed E-state index contributed by atoms with van der Waals surface area (Å²) in [5, 5.41) is 17.9. The Morgan fingerprint density at radius 2 is 1.64 bits per heavy atom. The molecule has 0 spiro atoms. The van der Waals surface area contributed by atoms with Crippen LogP contribution in [0.1, 0.15) is 56.3 Å². The maximum absolute atomic E-state index is 13.6. The monoisotopic (exact) mass is 835 g/mol. The van der Waals surface area contributed by atoms with Crippen LogP contribution >= 0.6 is 0 Å². The van der Waals surface area contributed by atoms with Gasteiger partial charge in [-0.1, -0.05) is 6.07 Å². The van der Waals surface area contributed by atoms with Crippen molar-refractivity contribution in [1.82, 2.24) is 29.9 Å². The lowest BCUT2D eigenvalue weighted by molar-refractivity contribution is -0.143. The fourth-order valence-corrected chi connectivity index (χ4v) is 8.75. The number of carbonyl (C=O) groups is 6. The zero-order valence-corrected chi connectivity index (χ0v) is 33.9. The molecule has 314 valence electrons. The minimum Gasteiger partial charge on any atom is -0.496 e. The molecule has 1 aromatic heterocycles. The Hall–Kier alpha value is -6.28. The standard InChI is InChI=1S/C39H45N7O12S/c1-43(2)19-25-28(57-4)17-21(18-29(25)58-5)24-20-44(3)36(50)32-22(24)11-14-45(33(32)38(52)53)39(54)41-13-16-59(55,56)15-12-40-26-8-6-7-23-31(26)37(51)46(35(23)49)27-9-10-30(47)42-34(27)48/h6-8,17-18,20,27,33,40H,9-16,19H2,1-5H3,(H,41,54)(H,52,53)(H,42,47,48). The molecule has 0 saturated carbocycles. The number of carboxylic acid groups (broad SMARTS) is 1. The van der Waals surface area contributed by atoms with E-state index in [9.17, 15) is 47.1 Å². The molecule has 1 saturated heterocycles. The number of rotatable bonds is 14. The number of nitrogens with zero attached hydrogens (tertiary/aromatic N) is 4. The number of hydrogen-bond donors (Lipinski definition) is 4. The second-order valence-corrected chi connectivity index (χ2v) is 16.9. The van der Waals surface area contributed by atoms with E-state index < -0.39 is 74.6 Å². The van der Waals surface area contributed by atoms with Gasteiger partial charge in [0.15, 0.2) is 15.9 Å². The number of anilines is 1. The number of aryl methyl sites for hydroxylation is 1. The van der Waals surface area contributed by atoms with Crippen LogP contribution in [0, 0.1) is 0 Å². The molecular formula is C39H45N7O12S. The van der Waals surface area contributed by atoms with Crippen molar-refractivity contribution in [3.05, 3.63) is 74.7 Å². The number of ether oxygens (including phenoxy) is 2. The molecule has 0 radical (unpaired) electrons. The number of fused-ring (bicyclic) bond motifs is 2. The quantitative estimate of drug-likeness (QED) is 0.164. The normalized spacial score (nSPS) is 17.7. The molecule has 1 fully saturated rings. The highest BCUT2D eigenvalue weighted by atomic mass is 32.2. The Morgan fingerprint density at radius 3 is 2.27 bits per heavy atom. The van der Waals surface area contributed by atoms with E-state index in [-0.39, 0.29) is 61.3 Å². The van der Waals surface area contributed by atoms with Crippen molar-refractivity contribution in [2.75, 3.05) is 64.8 Å². The molecular weight excluding hydrogens is 791 g/mol. The van der Waals surface area contributed by atoms with Gasteiger partial charge in [-0.25, -0.2) is 18.0 Å². The molecule has 3 aliphatic heterocycles. The molecule has 4 N–H and O–H groups in total. The number of pyridine rings is 1. The molecule has 6 rings (SSSR count). The first-order valence-corrected chi connectivity index (χ1v) is 20.5. The van der Waals surface area contributed by atoms with Gasteiger partial charge in [0.05, 0.1) is 48.0 Å². The van der Waals surface area contributed by atoms with E-state index >= 15 is 0 Å². The second kappa shape index (κ2) is 16.9. The van der Waals surface area contributed by atoms with Crippen LogP contribution in [-0.4, -0.2) is 134 Å². The van der Waals surface area contributed by atoms with E-state index in [0.29, 0.717) is 34.7 Å². The van der Waals surface area contributed by atoms with E-state index in [1.54, 1.807) is 18.3 Å². The third kappa shape index (κ3) is 8.35. The highest BCUT2D eigenvalue weighted by molar-refractivity contribution is 7.91. The number of carboxylic acids is 1. The highest BCUT2D eigenvalue weighted by Gasteiger charge is 2.46. The summed E-state index contributed by atoms with van der Waals surface area (Å²) in [6, 6.07) is 4.27. The molecule has 6 amide bonds. The molecule has 0 aliphatic carbocycles. The molecule has 2 unspecified atom stereocenters. The first-order valence-electron chi connectivity index (χ1n) is 18.7. The Morgan fingerprint density at radius 1 is 0.966 bits per heavy atom. The van der Waals surface area contributed by atoms with E-state index in [2.05, 4.69) is 16.0 Å². The van der Waals surface area contributed by atoms with Crippen LogP contribution in [0.3, 0.4) is 0 Å². The number of aliphatic carboxylic acids is 1. The summed E-state index contributed by atoms with van der Waals surface area (Å²) >= 11 is 0. The van der Waals surface area contributed by atoms with Gasteiger partial charge in [0.2, 0.25) is 11.8 Å². The fraction of sp³-hybridized carbons (Fsp3) is 0.410. The van der Waals surface area contributed by atoms with Crippen LogP contribution in [0.5, 0.6) is 11.5 Å². The number of piperidine rings is 1. The van der Waals surface area contributed by atoms with Crippen molar-refractivity contribution in [2.45, 2.75) is 37.9 Å². The molecule has 2 aromatic carbocycles. The summed E-state index contributed by atoms with van der Waals surface area (Å²) in [5.41, 5.74) is 1.89. The van der Waals surface area contributed by atoms with Gasteiger partial charge < -0.3 is 39.6 Å². The van der Waals surface area contributed by atoms with Gasteiger partial charge in [0.25, 0.3) is 17.4 Å². The number of hydrogen-bond acceptors (Lipinski definition) is 13. The molecule has 20 heteroatoms. The first-order chi connectivity index (χ1) is 28.0. The number of aromatic nitrogens is 1. The summed E-state index contributed by atoms with van der Waals surface area (Å²) in [4.78, 5) is 94.2. The van der Waals surface area contributed by atoms with Gasteiger partial charge in [0, 0.05) is 57.1 Å². The summed E-state index contributed by atoms with van der Waals surface area (Å²) in [6.45, 7) is -0.138. The van der Waals surface area contributed by atoms with Crippen molar-refractivity contribution in [3.63, 3.8) is 0 Å². The van der Waals surface area contributed by atoms with Gasteiger partial charge >= 0.3 is 12.0 Å². The second-order valence-electron chi connectivity index (χ2n) is 14.6. The zero-order valence-electron chi connectivity index (χ0n) is 33.1. The summed E-state index contributed by atoms with van der Waals surface area (Å²) in [7, 11) is 4.49. The van der Waals surface area contributed by atoms with Crippen molar-refractivity contribution >= 4 is 51.2 Å². The van der Waals surface area contributed by atoms with Crippen molar-refractivity contribution in [3.8, 4) is 22.6 Å². The molecule has 19 nitrogen and oxygen atoms in total. The minimum atomic E-state index is -3.84. The van der Waals surface area contributed by atoms with Gasteiger partial charge in [-0.3, -0.25) is 34.2 Å². The highest BCUT2D eigenvalue weighted by Crippen LogP contribution is 2.40. The number of urea groups is 1. The number of sulfone groups is 1. The average Bonchev–Trinajstić information content (AvgIpc) is 3.44. The summed E-state index contributed by atoms with van der Waals surface area (Å²) < 4.78 is 38.7. The lowest BCUT2D eigenvalue weighted by Crippen LogP contribution is -2.54. The van der Waals surface area contributed by atoms with E-state index in [0.717, 1.165) is 15.4 Å². The predicted octanol–water partition coefficient (Wildman–Crippen LogP) is 0.753. The number of methoxy groups -OCH3 is 2. The van der Waals surface area contributed by atoms with Gasteiger partial charge in [-0.15, -0.1) is 0 Å². The molecule has 59 heavy (non-hydrogen) atoms. The maximum atomic E-state index is 13.6. The number of amides is 6. The average molecular weight is 836 g/mol. The predicted molar refractivity (Wildman–Crippen MR) is 212 cm³/mol. The van der Waals surface area contributed by atoms with Gasteiger partial charge in [-0.05, 0) is 62.3 Å². The number of imide groups is 2. The van der Waals surface area contributed by atoms with Crippen LogP contribution in [0.15, 0.2) is 41.3 Å². The van der Waals surface area contributed by atoms with Crippen LogP contribution in [0.4, 0.5) is 10.5 Å². The molecule has 2 atom stereocenters. The molecule has 0 bridgehead atoms. The maximum Gasteiger partial charge on any atom is 0.331 e. The lowest BCUT2D eigenvalue weighted by atomic mass is 9.87. The third-order valence-electron chi connectivity index (χ3n) is 10.5. The fourth-order valence-electron chi connectivity index (χ4n) is 7.72. The van der Waals surface area contributed by atoms with Crippen LogP contribution in [0.2, 0.25) is 0 Å². The van der Waals surface area contributed by atoms with Gasteiger partial charge in [0.1, 0.15) is 17.5 Å². The number of nitrogens with one attached hydrogen (secondary N) is 3. The molecule has 4 heterocycles. The Balaban J connectivity index is 1.12. The molecule has 3 aliphatic rings. The Kier molecular flexibility index (Phi) is 12.1. The van der Waals surface area contributed by atoms with Crippen LogP contribution < -0.4 is 31.0 Å². The van der Waals surface area contributed by atoms with Gasteiger partial charge in [-0.2, -0.15) is 0 Å². The Labute approximate surface area is 339 Å². The topological polar surface area (TPSA) is 243 Å². The molecule has 3 aromatic rings.